The monoisotopic (exact) mass is 376 g/mol. The third-order valence-electron chi connectivity index (χ3n) is 10.6. The maximum atomic E-state index is 11.1. The zero-order chi connectivity index (χ0) is 19.4. The molecule has 0 amide bonds. The highest BCUT2D eigenvalue weighted by molar-refractivity contribution is 5.10. The van der Waals surface area contributed by atoms with Crippen LogP contribution in [0.3, 0.4) is 0 Å². The van der Waals surface area contributed by atoms with Crippen LogP contribution in [0.5, 0.6) is 0 Å². The van der Waals surface area contributed by atoms with E-state index in [-0.39, 0.29) is 5.60 Å². The second-order valence-electron chi connectivity index (χ2n) is 11.7. The number of hydrogen-bond acceptors (Lipinski definition) is 2. The van der Waals surface area contributed by atoms with Crippen molar-refractivity contribution in [3.63, 3.8) is 0 Å². The SMILES string of the molecule is CCC[C@@]1(O)CC[C@@]2(C)[C@H](CC[C@@H]3[C@@H]2CC[C@]2(C)[C@@H](C(C)CO)CC[C@@H]32)C1. The van der Waals surface area contributed by atoms with Crippen molar-refractivity contribution >= 4 is 0 Å². The molecule has 156 valence electrons. The topological polar surface area (TPSA) is 40.5 Å². The van der Waals surface area contributed by atoms with Gasteiger partial charge < -0.3 is 10.2 Å². The molecule has 27 heavy (non-hydrogen) atoms. The molecule has 0 aromatic rings. The van der Waals surface area contributed by atoms with Crippen LogP contribution >= 0.6 is 0 Å². The molecule has 2 nitrogen and oxygen atoms in total. The van der Waals surface area contributed by atoms with Crippen molar-refractivity contribution in [3.8, 4) is 0 Å². The summed E-state index contributed by atoms with van der Waals surface area (Å²) in [6.07, 6.45) is 13.7. The van der Waals surface area contributed by atoms with Gasteiger partial charge in [-0.05, 0) is 111 Å². The molecular weight excluding hydrogens is 332 g/mol. The molecule has 4 rings (SSSR count). The van der Waals surface area contributed by atoms with E-state index in [0.29, 0.717) is 23.4 Å². The van der Waals surface area contributed by atoms with Gasteiger partial charge in [0.1, 0.15) is 0 Å². The van der Waals surface area contributed by atoms with Crippen molar-refractivity contribution in [2.45, 2.75) is 104 Å². The first-order chi connectivity index (χ1) is 12.8. The third kappa shape index (κ3) is 3.03. The van der Waals surface area contributed by atoms with Gasteiger partial charge in [0.05, 0.1) is 5.60 Å². The van der Waals surface area contributed by atoms with Gasteiger partial charge in [0.2, 0.25) is 0 Å². The van der Waals surface area contributed by atoms with Crippen molar-refractivity contribution in [2.24, 2.45) is 46.3 Å². The summed E-state index contributed by atoms with van der Waals surface area (Å²) in [6.45, 7) is 10.0. The van der Waals surface area contributed by atoms with Crippen LogP contribution in [0.2, 0.25) is 0 Å². The minimum absolute atomic E-state index is 0.358. The first-order valence-corrected chi connectivity index (χ1v) is 12.1. The van der Waals surface area contributed by atoms with Gasteiger partial charge in [-0.25, -0.2) is 0 Å². The molecule has 0 heterocycles. The summed E-state index contributed by atoms with van der Waals surface area (Å²) in [5.74, 6) is 4.58. The first-order valence-electron chi connectivity index (χ1n) is 12.1. The summed E-state index contributed by atoms with van der Waals surface area (Å²) in [5.41, 5.74) is 0.555. The number of aliphatic hydroxyl groups is 2. The molecule has 4 saturated carbocycles. The maximum absolute atomic E-state index is 11.1. The van der Waals surface area contributed by atoms with Gasteiger partial charge in [0.25, 0.3) is 0 Å². The summed E-state index contributed by atoms with van der Waals surface area (Å²) < 4.78 is 0. The van der Waals surface area contributed by atoms with Crippen LogP contribution < -0.4 is 0 Å². The summed E-state index contributed by atoms with van der Waals surface area (Å²) in [7, 11) is 0. The lowest BCUT2D eigenvalue weighted by Gasteiger charge is -2.62. The third-order valence-corrected chi connectivity index (χ3v) is 10.6. The highest BCUT2D eigenvalue weighted by atomic mass is 16.3. The van der Waals surface area contributed by atoms with E-state index in [1.807, 2.05) is 0 Å². The summed E-state index contributed by atoms with van der Waals surface area (Å²) >= 11 is 0. The molecule has 1 unspecified atom stereocenters. The minimum Gasteiger partial charge on any atom is -0.396 e. The Kier molecular flexibility index (Phi) is 5.25. The normalized spacial score (nSPS) is 53.3. The van der Waals surface area contributed by atoms with Crippen molar-refractivity contribution in [1.82, 2.24) is 0 Å². The summed E-state index contributed by atoms with van der Waals surface area (Å²) in [4.78, 5) is 0. The predicted octanol–water partition coefficient (Wildman–Crippen LogP) is 5.80. The molecule has 0 radical (unpaired) electrons. The Morgan fingerprint density at radius 2 is 1.67 bits per heavy atom. The van der Waals surface area contributed by atoms with Gasteiger partial charge in [-0.2, -0.15) is 0 Å². The average Bonchev–Trinajstić information content (AvgIpc) is 2.99. The largest absolute Gasteiger partial charge is 0.396 e. The van der Waals surface area contributed by atoms with Crippen LogP contribution in [0, 0.1) is 46.3 Å². The van der Waals surface area contributed by atoms with E-state index in [1.165, 1.54) is 44.9 Å². The molecule has 0 bridgehead atoms. The Morgan fingerprint density at radius 1 is 0.926 bits per heavy atom. The van der Waals surface area contributed by atoms with Crippen LogP contribution in [0.4, 0.5) is 0 Å². The minimum atomic E-state index is -0.371. The smallest absolute Gasteiger partial charge is 0.0650 e. The molecule has 0 aromatic heterocycles. The van der Waals surface area contributed by atoms with E-state index in [0.717, 1.165) is 55.3 Å². The summed E-state index contributed by atoms with van der Waals surface area (Å²) in [6, 6.07) is 0. The van der Waals surface area contributed by atoms with Crippen LogP contribution in [0.15, 0.2) is 0 Å². The van der Waals surface area contributed by atoms with Gasteiger partial charge >= 0.3 is 0 Å². The van der Waals surface area contributed by atoms with Crippen LogP contribution in [0.25, 0.3) is 0 Å². The lowest BCUT2D eigenvalue weighted by molar-refractivity contribution is -0.154. The molecule has 4 fully saturated rings. The Bertz CT molecular complexity index is 546. The van der Waals surface area contributed by atoms with Gasteiger partial charge in [0, 0.05) is 6.61 Å². The number of hydrogen-bond donors (Lipinski definition) is 2. The van der Waals surface area contributed by atoms with Gasteiger partial charge in [-0.3, -0.25) is 0 Å². The van der Waals surface area contributed by atoms with E-state index in [9.17, 15) is 10.2 Å². The van der Waals surface area contributed by atoms with E-state index in [4.69, 9.17) is 0 Å². The Labute approximate surface area is 167 Å². The number of aliphatic hydroxyl groups excluding tert-OH is 1. The average molecular weight is 377 g/mol. The molecule has 0 aliphatic heterocycles. The van der Waals surface area contributed by atoms with E-state index in [2.05, 4.69) is 27.7 Å². The lowest BCUT2D eigenvalue weighted by atomic mass is 9.43. The summed E-state index contributed by atoms with van der Waals surface area (Å²) in [5, 5.41) is 20.9. The molecule has 0 saturated heterocycles. The number of fused-ring (bicyclic) bond motifs is 5. The van der Waals surface area contributed by atoms with E-state index < -0.39 is 0 Å². The van der Waals surface area contributed by atoms with E-state index >= 15 is 0 Å². The van der Waals surface area contributed by atoms with Crippen molar-refractivity contribution in [3.05, 3.63) is 0 Å². The number of rotatable bonds is 4. The Morgan fingerprint density at radius 3 is 2.37 bits per heavy atom. The fourth-order valence-corrected chi connectivity index (χ4v) is 9.12. The van der Waals surface area contributed by atoms with Crippen molar-refractivity contribution < 1.29 is 10.2 Å². The Balaban J connectivity index is 1.54. The second-order valence-corrected chi connectivity index (χ2v) is 11.7. The fraction of sp³-hybridized carbons (Fsp3) is 1.00. The lowest BCUT2D eigenvalue weighted by Crippen LogP contribution is -2.56. The molecule has 0 spiro atoms. The van der Waals surface area contributed by atoms with Crippen LogP contribution in [-0.4, -0.2) is 22.4 Å². The molecular formula is C25H44O2. The van der Waals surface area contributed by atoms with Gasteiger partial charge in [0.15, 0.2) is 0 Å². The molecule has 2 heteroatoms. The highest BCUT2D eigenvalue weighted by Crippen LogP contribution is 2.68. The molecule has 9 atom stereocenters. The zero-order valence-corrected chi connectivity index (χ0v) is 18.3. The van der Waals surface area contributed by atoms with Crippen LogP contribution in [-0.2, 0) is 0 Å². The molecule has 0 aromatic carbocycles. The van der Waals surface area contributed by atoms with Crippen molar-refractivity contribution in [1.29, 1.82) is 0 Å². The van der Waals surface area contributed by atoms with Crippen molar-refractivity contribution in [2.75, 3.05) is 6.61 Å². The predicted molar refractivity (Wildman–Crippen MR) is 111 cm³/mol. The van der Waals surface area contributed by atoms with Gasteiger partial charge in [-0.1, -0.05) is 34.1 Å². The fourth-order valence-electron chi connectivity index (χ4n) is 9.12. The second kappa shape index (κ2) is 7.01. The standard InChI is InChI=1S/C25H44O2/c1-5-11-25(27)14-13-23(3)18(15-25)6-7-19-21-9-8-20(17(2)16-26)24(21,4)12-10-22(19)23/h17-22,26-27H,5-16H2,1-4H3/t17?,18-,19+,20-,21+,22+,23+,24-,25-/m1/s1. The Hall–Kier alpha value is -0.0800. The highest BCUT2D eigenvalue weighted by Gasteiger charge is 2.61. The van der Waals surface area contributed by atoms with Crippen LogP contribution in [0.1, 0.15) is 98.3 Å². The molecule has 4 aliphatic carbocycles. The van der Waals surface area contributed by atoms with E-state index in [1.54, 1.807) is 0 Å². The molecule has 4 aliphatic rings. The quantitative estimate of drug-likeness (QED) is 0.650. The first kappa shape index (κ1) is 20.2. The molecule has 2 N–H and O–H groups in total. The van der Waals surface area contributed by atoms with Gasteiger partial charge in [-0.15, -0.1) is 0 Å². The zero-order valence-electron chi connectivity index (χ0n) is 18.3. The maximum Gasteiger partial charge on any atom is 0.0650 e.